The number of aromatic nitrogens is 2. The van der Waals surface area contributed by atoms with Crippen LogP contribution in [0.15, 0.2) is 54.9 Å². The molecule has 2 fully saturated rings. The van der Waals surface area contributed by atoms with E-state index >= 15 is 0 Å². The fraction of sp³-hybridized carbons (Fsp3) is 0.500. The molecule has 3 aromatic rings. The number of anilines is 2. The quantitative estimate of drug-likeness (QED) is 0.227. The van der Waals surface area contributed by atoms with E-state index in [2.05, 4.69) is 40.5 Å². The summed E-state index contributed by atoms with van der Waals surface area (Å²) in [5, 5.41) is 17.2. The number of halogens is 1. The normalized spacial score (nSPS) is 17.1. The third-order valence-corrected chi connectivity index (χ3v) is 7.73. The van der Waals surface area contributed by atoms with Crippen molar-refractivity contribution in [1.82, 2.24) is 9.97 Å². The van der Waals surface area contributed by atoms with E-state index in [4.69, 9.17) is 31.5 Å². The number of nitrogens with one attached hydrogen (secondary N) is 2. The average Bonchev–Trinajstić information content (AvgIpc) is 3.01. The number of nitrogens with two attached hydrogens (primary N) is 1. The van der Waals surface area contributed by atoms with E-state index in [0.717, 1.165) is 86.3 Å². The Bertz CT molecular complexity index is 1370. The molecule has 10 heteroatoms. The molecule has 44 heavy (non-hydrogen) atoms. The van der Waals surface area contributed by atoms with Gasteiger partial charge in [0, 0.05) is 61.5 Å². The Balaban J connectivity index is 0.000000262. The van der Waals surface area contributed by atoms with Crippen LogP contribution < -0.4 is 21.1 Å². The number of nitrogens with zero attached hydrogens (tertiary/aromatic N) is 3. The first-order chi connectivity index (χ1) is 21.2. The number of benzene rings is 1. The van der Waals surface area contributed by atoms with Crippen molar-refractivity contribution in [1.29, 1.82) is 5.26 Å². The van der Waals surface area contributed by atoms with Crippen molar-refractivity contribution in [2.24, 2.45) is 11.7 Å². The minimum absolute atomic E-state index is 0.369. The van der Waals surface area contributed by atoms with Gasteiger partial charge in [-0.05, 0) is 92.5 Å². The molecule has 0 bridgehead atoms. The number of nitriles is 1. The highest BCUT2D eigenvalue weighted by Crippen LogP contribution is 2.29. The lowest BCUT2D eigenvalue weighted by Gasteiger charge is -2.27. The zero-order valence-electron chi connectivity index (χ0n) is 26.0. The van der Waals surface area contributed by atoms with E-state index < -0.39 is 5.54 Å². The standard InChI is InChI=1S/C24H32N4O2.C10H13ClN2O/c1-17(2)14-24(3,26)16-30-22-5-4-18(12-20(22)15-25)19-6-9-27-23(13-19)28-21-7-10-29-11-8-21;11-8-1-4-12-10(7-8)13-9-2-5-14-6-3-9/h4-6,9,12-13,17,21H,7-8,10-11,14,16,26H2,1-3H3,(H,27,28);1,4,7,9H,2-3,5-6H2,(H,12,13)/t24-;/m0./s1. The molecule has 0 saturated carbocycles. The fourth-order valence-corrected chi connectivity index (χ4v) is 5.59. The smallest absolute Gasteiger partial charge is 0.137 e. The van der Waals surface area contributed by atoms with Crippen LogP contribution in [0, 0.1) is 17.2 Å². The van der Waals surface area contributed by atoms with Gasteiger partial charge in [0.25, 0.3) is 0 Å². The Morgan fingerprint density at radius 3 is 2.07 bits per heavy atom. The maximum Gasteiger partial charge on any atom is 0.137 e. The molecule has 236 valence electrons. The van der Waals surface area contributed by atoms with Crippen molar-refractivity contribution >= 4 is 23.2 Å². The molecule has 1 aromatic carbocycles. The van der Waals surface area contributed by atoms with Gasteiger partial charge in [-0.1, -0.05) is 31.5 Å². The van der Waals surface area contributed by atoms with Crippen molar-refractivity contribution < 1.29 is 14.2 Å². The molecule has 4 N–H and O–H groups in total. The molecular weight excluding hydrogens is 576 g/mol. The largest absolute Gasteiger partial charge is 0.490 e. The molecule has 2 saturated heterocycles. The van der Waals surface area contributed by atoms with Crippen molar-refractivity contribution in [3.63, 3.8) is 0 Å². The van der Waals surface area contributed by atoms with Gasteiger partial charge in [0.2, 0.25) is 0 Å². The predicted octanol–water partition coefficient (Wildman–Crippen LogP) is 6.68. The molecule has 0 amide bonds. The van der Waals surface area contributed by atoms with Crippen molar-refractivity contribution in [2.45, 2.75) is 70.5 Å². The first kappa shape index (κ1) is 33.5. The van der Waals surface area contributed by atoms with E-state index in [1.807, 2.05) is 43.3 Å². The van der Waals surface area contributed by atoms with Crippen molar-refractivity contribution in [3.05, 3.63) is 65.4 Å². The number of ether oxygens (including phenoxy) is 3. The van der Waals surface area contributed by atoms with E-state index in [0.29, 0.717) is 35.9 Å². The first-order valence-corrected chi connectivity index (χ1v) is 15.8. The summed E-state index contributed by atoms with van der Waals surface area (Å²) in [6.45, 7) is 9.86. The molecule has 2 aromatic heterocycles. The molecule has 1 atom stereocenters. The molecule has 0 radical (unpaired) electrons. The summed E-state index contributed by atoms with van der Waals surface area (Å²) in [6.07, 6.45) is 8.39. The van der Waals surface area contributed by atoms with E-state index in [-0.39, 0.29) is 0 Å². The van der Waals surface area contributed by atoms with E-state index in [1.165, 1.54) is 0 Å². The van der Waals surface area contributed by atoms with Gasteiger partial charge in [-0.3, -0.25) is 0 Å². The van der Waals surface area contributed by atoms with Gasteiger partial charge in [0.1, 0.15) is 30.1 Å². The number of hydrogen-bond acceptors (Lipinski definition) is 9. The van der Waals surface area contributed by atoms with Gasteiger partial charge in [0.15, 0.2) is 0 Å². The first-order valence-electron chi connectivity index (χ1n) is 15.4. The zero-order chi connectivity index (χ0) is 31.4. The van der Waals surface area contributed by atoms with Gasteiger partial charge in [-0.25, -0.2) is 9.97 Å². The summed E-state index contributed by atoms with van der Waals surface area (Å²) in [5.41, 5.74) is 8.37. The van der Waals surface area contributed by atoms with Gasteiger partial charge >= 0.3 is 0 Å². The minimum atomic E-state index is -0.435. The summed E-state index contributed by atoms with van der Waals surface area (Å²) < 4.78 is 16.6. The third kappa shape index (κ3) is 10.9. The highest BCUT2D eigenvalue weighted by Gasteiger charge is 2.22. The zero-order valence-corrected chi connectivity index (χ0v) is 26.8. The SMILES string of the molecule is CC(C)C[C@](C)(N)COc1ccc(-c2ccnc(NC3CCOCC3)c2)cc1C#N.Clc1ccnc(NC2CCOCC2)c1. The lowest BCUT2D eigenvalue weighted by atomic mass is 9.93. The van der Waals surface area contributed by atoms with Crippen LogP contribution in [-0.4, -0.2) is 60.6 Å². The van der Waals surface area contributed by atoms with E-state index in [1.54, 1.807) is 18.5 Å². The molecule has 5 rings (SSSR count). The maximum absolute atomic E-state index is 9.64. The third-order valence-electron chi connectivity index (χ3n) is 7.49. The van der Waals surface area contributed by atoms with Crippen LogP contribution in [0.5, 0.6) is 5.75 Å². The minimum Gasteiger partial charge on any atom is -0.490 e. The molecule has 0 spiro atoms. The van der Waals surface area contributed by atoms with Crippen LogP contribution in [0.3, 0.4) is 0 Å². The summed E-state index contributed by atoms with van der Waals surface area (Å²) in [6, 6.07) is 16.4. The lowest BCUT2D eigenvalue weighted by Crippen LogP contribution is -2.43. The highest BCUT2D eigenvalue weighted by atomic mass is 35.5. The summed E-state index contributed by atoms with van der Waals surface area (Å²) in [5.74, 6) is 2.74. The second-order valence-electron chi connectivity index (χ2n) is 12.2. The van der Waals surface area contributed by atoms with Crippen molar-refractivity contribution in [3.8, 4) is 22.9 Å². The average molecular weight is 621 g/mol. The van der Waals surface area contributed by atoms with Gasteiger partial charge in [-0.2, -0.15) is 5.26 Å². The summed E-state index contributed by atoms with van der Waals surface area (Å²) in [4.78, 5) is 8.64. The van der Waals surface area contributed by atoms with Gasteiger partial charge in [-0.15, -0.1) is 0 Å². The Labute approximate surface area is 266 Å². The van der Waals surface area contributed by atoms with E-state index in [9.17, 15) is 5.26 Å². The highest BCUT2D eigenvalue weighted by molar-refractivity contribution is 6.30. The molecule has 2 aliphatic heterocycles. The van der Waals surface area contributed by atoms with Crippen LogP contribution >= 0.6 is 11.6 Å². The summed E-state index contributed by atoms with van der Waals surface area (Å²) in [7, 11) is 0. The van der Waals surface area contributed by atoms with Crippen LogP contribution in [0.25, 0.3) is 11.1 Å². The molecular formula is C34H45ClN6O3. The second-order valence-corrected chi connectivity index (χ2v) is 12.7. The predicted molar refractivity (Wildman–Crippen MR) is 176 cm³/mol. The van der Waals surface area contributed by atoms with Crippen molar-refractivity contribution in [2.75, 3.05) is 43.7 Å². The maximum atomic E-state index is 9.64. The summed E-state index contributed by atoms with van der Waals surface area (Å²) >= 11 is 5.86. The number of hydrogen-bond donors (Lipinski definition) is 3. The Morgan fingerprint density at radius 1 is 0.932 bits per heavy atom. The van der Waals surface area contributed by atoms with Gasteiger partial charge < -0.3 is 30.6 Å². The number of rotatable bonds is 10. The Hall–Kier alpha value is -3.42. The topological polar surface area (TPSA) is 127 Å². The van der Waals surface area contributed by atoms with Gasteiger partial charge in [0.05, 0.1) is 5.56 Å². The molecule has 2 aliphatic rings. The molecule has 9 nitrogen and oxygen atoms in total. The van der Waals surface area contributed by atoms with Crippen LogP contribution in [0.1, 0.15) is 58.4 Å². The lowest BCUT2D eigenvalue weighted by molar-refractivity contribution is 0.0902. The number of pyridine rings is 2. The van der Waals surface area contributed by atoms with Crippen LogP contribution in [0.2, 0.25) is 5.02 Å². The van der Waals surface area contributed by atoms with Crippen LogP contribution in [0.4, 0.5) is 11.6 Å². The molecule has 4 heterocycles. The molecule has 0 aliphatic carbocycles. The Kier molecular flexibility index (Phi) is 12.6. The fourth-order valence-electron chi connectivity index (χ4n) is 5.43. The monoisotopic (exact) mass is 620 g/mol. The Morgan fingerprint density at radius 2 is 1.50 bits per heavy atom. The molecule has 0 unspecified atom stereocenters. The second kappa shape index (κ2) is 16.6. The van der Waals surface area contributed by atoms with Crippen LogP contribution in [-0.2, 0) is 9.47 Å².